The summed E-state index contributed by atoms with van der Waals surface area (Å²) < 4.78 is 13.2. The number of carbonyl (C=O) groups is 1. The predicted octanol–water partition coefficient (Wildman–Crippen LogP) is 4.85. The van der Waals surface area contributed by atoms with Crippen molar-refractivity contribution in [3.8, 4) is 11.1 Å². The molecule has 2 amide bonds. The Morgan fingerprint density at radius 2 is 1.74 bits per heavy atom. The number of amides is 2. The molecule has 2 aliphatic rings. The van der Waals surface area contributed by atoms with Crippen molar-refractivity contribution in [1.29, 1.82) is 0 Å². The number of rotatable bonds is 9. The highest BCUT2D eigenvalue weighted by atomic mass is 35.5. The maximum absolute atomic E-state index is 13.8. The van der Waals surface area contributed by atoms with Crippen LogP contribution in [-0.4, -0.2) is 100 Å². The van der Waals surface area contributed by atoms with Crippen LogP contribution in [0.5, 0.6) is 0 Å². The number of ether oxygens (including phenoxy) is 1. The Kier molecular flexibility index (Phi) is 8.33. The first-order chi connectivity index (χ1) is 22.4. The molecule has 1 atom stereocenters. The van der Waals surface area contributed by atoms with Gasteiger partial charge in [-0.15, -0.1) is 15.3 Å². The van der Waals surface area contributed by atoms with E-state index in [0.29, 0.717) is 25.4 Å². The first-order valence-corrected chi connectivity index (χ1v) is 15.9. The van der Waals surface area contributed by atoms with Crippen LogP contribution in [0.2, 0.25) is 5.28 Å². The molecule has 2 aromatic carbocycles. The highest BCUT2D eigenvalue weighted by Crippen LogP contribution is 2.42. The zero-order valence-corrected chi connectivity index (χ0v) is 26.9. The number of halogens is 1. The number of hydrogen-bond donors (Lipinski definition) is 0. The second kappa shape index (κ2) is 12.7. The second-order valence-corrected chi connectivity index (χ2v) is 12.0. The third-order valence-corrected chi connectivity index (χ3v) is 9.14. The molecule has 1 saturated heterocycles. The fourth-order valence-corrected chi connectivity index (χ4v) is 6.67. The van der Waals surface area contributed by atoms with Crippen LogP contribution >= 0.6 is 11.6 Å². The SMILES string of the molecule is Cc1noc(C)c1-c1ccc2c(c1)C(c1ccccc1)N(CCOCCN1CCN(c3ccc4nnc(Cl)n4n3)CC1)C(=O)N2C. The summed E-state index contributed by atoms with van der Waals surface area (Å²) in [6, 6.07) is 20.0. The van der Waals surface area contributed by atoms with Crippen LogP contribution in [0.4, 0.5) is 16.3 Å². The van der Waals surface area contributed by atoms with Gasteiger partial charge in [0.15, 0.2) is 5.65 Å². The number of piperazine rings is 1. The van der Waals surface area contributed by atoms with E-state index >= 15 is 0 Å². The highest BCUT2D eigenvalue weighted by molar-refractivity contribution is 6.28. The maximum atomic E-state index is 13.8. The van der Waals surface area contributed by atoms with E-state index in [1.807, 2.05) is 68.3 Å². The smallest absolute Gasteiger partial charge is 0.325 e. The summed E-state index contributed by atoms with van der Waals surface area (Å²) in [5.74, 6) is 1.63. The molecule has 13 heteroatoms. The van der Waals surface area contributed by atoms with Gasteiger partial charge in [-0.05, 0) is 60.8 Å². The number of benzene rings is 2. The molecule has 0 N–H and O–H groups in total. The van der Waals surface area contributed by atoms with Crippen molar-refractivity contribution in [3.05, 3.63) is 88.5 Å². The molecule has 2 aliphatic heterocycles. The Morgan fingerprint density at radius 3 is 2.50 bits per heavy atom. The minimum Gasteiger partial charge on any atom is -0.378 e. The number of nitrogens with zero attached hydrogens (tertiary/aromatic N) is 9. The van der Waals surface area contributed by atoms with Crippen molar-refractivity contribution in [1.82, 2.24) is 34.8 Å². The van der Waals surface area contributed by atoms with E-state index in [-0.39, 0.29) is 17.4 Å². The van der Waals surface area contributed by atoms with Gasteiger partial charge in [0.05, 0.1) is 30.6 Å². The summed E-state index contributed by atoms with van der Waals surface area (Å²) in [6.07, 6.45) is 0. The first kappa shape index (κ1) is 30.2. The lowest BCUT2D eigenvalue weighted by atomic mass is 9.90. The normalized spacial score (nSPS) is 17.3. The predicted molar refractivity (Wildman–Crippen MR) is 175 cm³/mol. The molecule has 46 heavy (non-hydrogen) atoms. The Labute approximate surface area is 272 Å². The summed E-state index contributed by atoms with van der Waals surface area (Å²) in [7, 11) is 1.83. The number of aromatic nitrogens is 5. The highest BCUT2D eigenvalue weighted by Gasteiger charge is 2.37. The molecule has 1 fully saturated rings. The first-order valence-electron chi connectivity index (χ1n) is 15.5. The Hall–Kier alpha value is -4.52. The molecule has 0 saturated carbocycles. The van der Waals surface area contributed by atoms with Crippen molar-refractivity contribution in [2.75, 3.05) is 69.3 Å². The lowest BCUT2D eigenvalue weighted by Crippen LogP contribution is -2.49. The maximum Gasteiger partial charge on any atom is 0.325 e. The number of fused-ring (bicyclic) bond motifs is 2. The minimum atomic E-state index is -0.252. The number of aryl methyl sites for hydroxylation is 2. The molecule has 5 aromatic rings. The van der Waals surface area contributed by atoms with E-state index in [9.17, 15) is 4.79 Å². The third-order valence-electron chi connectivity index (χ3n) is 8.90. The van der Waals surface area contributed by atoms with Gasteiger partial charge >= 0.3 is 6.03 Å². The fraction of sp³-hybridized carbons (Fsp3) is 0.364. The quantitative estimate of drug-likeness (QED) is 0.209. The van der Waals surface area contributed by atoms with Gasteiger partial charge in [0.2, 0.25) is 5.28 Å². The number of urea groups is 1. The lowest BCUT2D eigenvalue weighted by molar-refractivity contribution is 0.0817. The Morgan fingerprint density at radius 1 is 0.957 bits per heavy atom. The molecular weight excluding hydrogens is 606 g/mol. The average molecular weight is 642 g/mol. The van der Waals surface area contributed by atoms with Gasteiger partial charge in [-0.25, -0.2) is 4.79 Å². The topological polar surface area (TPSA) is 108 Å². The Balaban J connectivity index is 0.993. The largest absolute Gasteiger partial charge is 0.378 e. The zero-order chi connectivity index (χ0) is 31.8. The van der Waals surface area contributed by atoms with Crippen LogP contribution in [-0.2, 0) is 4.74 Å². The summed E-state index contributed by atoms with van der Waals surface area (Å²) in [4.78, 5) is 22.0. The average Bonchev–Trinajstić information content (AvgIpc) is 3.63. The molecule has 7 rings (SSSR count). The lowest BCUT2D eigenvalue weighted by Gasteiger charge is -2.42. The van der Waals surface area contributed by atoms with E-state index in [1.54, 1.807) is 9.42 Å². The van der Waals surface area contributed by atoms with Crippen molar-refractivity contribution in [2.45, 2.75) is 19.9 Å². The molecule has 1 unspecified atom stereocenters. The minimum absolute atomic E-state index is 0.0503. The van der Waals surface area contributed by atoms with Gasteiger partial charge in [-0.3, -0.25) is 9.80 Å². The van der Waals surface area contributed by atoms with E-state index in [1.165, 1.54) is 0 Å². The number of anilines is 2. The van der Waals surface area contributed by atoms with Crippen LogP contribution in [0.25, 0.3) is 16.8 Å². The fourth-order valence-electron chi connectivity index (χ4n) is 6.50. The van der Waals surface area contributed by atoms with Crippen molar-refractivity contribution in [3.63, 3.8) is 0 Å². The monoisotopic (exact) mass is 641 g/mol. The van der Waals surface area contributed by atoms with Crippen LogP contribution in [0.1, 0.15) is 28.6 Å². The molecule has 0 bridgehead atoms. The van der Waals surface area contributed by atoms with Crippen molar-refractivity contribution in [2.24, 2.45) is 0 Å². The number of carbonyl (C=O) groups excluding carboxylic acids is 1. The van der Waals surface area contributed by atoms with Gasteiger partial charge in [0.1, 0.15) is 11.6 Å². The van der Waals surface area contributed by atoms with Crippen LogP contribution in [0, 0.1) is 13.8 Å². The van der Waals surface area contributed by atoms with Gasteiger partial charge < -0.3 is 19.1 Å². The van der Waals surface area contributed by atoms with Crippen LogP contribution < -0.4 is 9.80 Å². The summed E-state index contributed by atoms with van der Waals surface area (Å²) in [5, 5.41) is 16.9. The van der Waals surface area contributed by atoms with E-state index in [0.717, 1.165) is 77.9 Å². The molecule has 0 aliphatic carbocycles. The molecule has 238 valence electrons. The van der Waals surface area contributed by atoms with Crippen molar-refractivity contribution >= 4 is 34.8 Å². The van der Waals surface area contributed by atoms with Crippen LogP contribution in [0.3, 0.4) is 0 Å². The third kappa shape index (κ3) is 5.68. The second-order valence-electron chi connectivity index (χ2n) is 11.7. The van der Waals surface area contributed by atoms with Gasteiger partial charge in [-0.1, -0.05) is 41.6 Å². The van der Waals surface area contributed by atoms with Gasteiger partial charge in [0.25, 0.3) is 0 Å². The number of hydrogen-bond acceptors (Lipinski definition) is 9. The van der Waals surface area contributed by atoms with E-state index in [2.05, 4.69) is 48.5 Å². The van der Waals surface area contributed by atoms with E-state index in [4.69, 9.17) is 20.9 Å². The van der Waals surface area contributed by atoms with Gasteiger partial charge in [0, 0.05) is 57.4 Å². The van der Waals surface area contributed by atoms with Crippen molar-refractivity contribution < 1.29 is 14.1 Å². The molecular formula is C33H36ClN9O3. The van der Waals surface area contributed by atoms with Crippen LogP contribution in [0.15, 0.2) is 65.2 Å². The molecule has 0 spiro atoms. The Bertz CT molecular complexity index is 1830. The molecule has 0 radical (unpaired) electrons. The summed E-state index contributed by atoms with van der Waals surface area (Å²) >= 11 is 6.11. The van der Waals surface area contributed by atoms with Gasteiger partial charge in [-0.2, -0.15) is 4.52 Å². The van der Waals surface area contributed by atoms with E-state index < -0.39 is 0 Å². The zero-order valence-electron chi connectivity index (χ0n) is 26.1. The summed E-state index contributed by atoms with van der Waals surface area (Å²) in [5.41, 5.74) is 6.49. The molecule has 12 nitrogen and oxygen atoms in total. The standard InChI is InChI=1S/C33H36ClN9O3/c1-22-30(23(2)46-38-22)25-9-10-27-26(21-25)31(24-7-5-4-6-8-24)42(33(44)39(27)3)18-20-45-19-17-40-13-15-41(16-14-40)29-12-11-28-35-36-32(34)43(28)37-29/h4-12,21,31H,13-20H2,1-3H3. The summed E-state index contributed by atoms with van der Waals surface area (Å²) in [6.45, 7) is 9.67. The molecule has 3 aromatic heterocycles. The molecule has 5 heterocycles.